The van der Waals surface area contributed by atoms with Crippen molar-refractivity contribution in [1.29, 1.82) is 0 Å². The van der Waals surface area contributed by atoms with Crippen molar-refractivity contribution < 1.29 is 4.74 Å². The molecule has 22 heavy (non-hydrogen) atoms. The van der Waals surface area contributed by atoms with Gasteiger partial charge in [0.15, 0.2) is 0 Å². The summed E-state index contributed by atoms with van der Waals surface area (Å²) < 4.78 is 5.45. The highest BCUT2D eigenvalue weighted by molar-refractivity contribution is 7.99. The molecule has 0 fully saturated rings. The lowest BCUT2D eigenvalue weighted by Crippen LogP contribution is -2.20. The fourth-order valence-electron chi connectivity index (χ4n) is 3.30. The Hall–Kier alpha value is -1.71. The van der Waals surface area contributed by atoms with Crippen LogP contribution in [0.5, 0.6) is 5.75 Å². The van der Waals surface area contributed by atoms with E-state index in [1.54, 1.807) is 7.11 Å². The molecule has 0 spiro atoms. The van der Waals surface area contributed by atoms with Crippen LogP contribution in [0.15, 0.2) is 52.3 Å². The summed E-state index contributed by atoms with van der Waals surface area (Å²) in [5, 5.41) is 0. The van der Waals surface area contributed by atoms with Gasteiger partial charge in [-0.1, -0.05) is 36.9 Å². The van der Waals surface area contributed by atoms with E-state index in [0.717, 1.165) is 25.4 Å². The summed E-state index contributed by atoms with van der Waals surface area (Å²) in [5.74, 6) is 0.937. The van der Waals surface area contributed by atoms with Crippen LogP contribution < -0.4 is 4.74 Å². The van der Waals surface area contributed by atoms with Crippen molar-refractivity contribution in [3.05, 3.63) is 53.6 Å². The highest BCUT2D eigenvalue weighted by Gasteiger charge is 2.29. The van der Waals surface area contributed by atoms with Crippen LogP contribution in [0.1, 0.15) is 18.1 Å². The molecule has 0 saturated heterocycles. The summed E-state index contributed by atoms with van der Waals surface area (Å²) in [6.45, 7) is 5.39. The van der Waals surface area contributed by atoms with Crippen molar-refractivity contribution in [2.45, 2.75) is 16.7 Å². The molecule has 112 valence electrons. The van der Waals surface area contributed by atoms with E-state index in [-0.39, 0.29) is 0 Å². The van der Waals surface area contributed by atoms with Crippen molar-refractivity contribution >= 4 is 22.9 Å². The van der Waals surface area contributed by atoms with E-state index >= 15 is 0 Å². The zero-order valence-corrected chi connectivity index (χ0v) is 13.7. The Morgan fingerprint density at radius 3 is 2.50 bits per heavy atom. The quantitative estimate of drug-likeness (QED) is 0.815. The molecule has 0 aromatic heterocycles. The minimum atomic E-state index is 0.937. The third-order valence-electron chi connectivity index (χ3n) is 4.52. The average molecular weight is 309 g/mol. The fraction of sp³-hybridized carbons (Fsp3) is 0.263. The monoisotopic (exact) mass is 309 g/mol. The first-order valence-corrected chi connectivity index (χ1v) is 8.52. The number of hydrogen-bond donors (Lipinski definition) is 0. The molecule has 0 aliphatic carbocycles. The normalized spacial score (nSPS) is 16.8. The molecule has 2 aliphatic rings. The molecular weight excluding hydrogens is 290 g/mol. The van der Waals surface area contributed by atoms with Gasteiger partial charge in [0.25, 0.3) is 0 Å². The van der Waals surface area contributed by atoms with Crippen LogP contribution in [0.4, 0.5) is 0 Å². The predicted octanol–water partition coefficient (Wildman–Crippen LogP) is 4.41. The zero-order valence-electron chi connectivity index (χ0n) is 12.9. The van der Waals surface area contributed by atoms with E-state index in [9.17, 15) is 0 Å². The zero-order chi connectivity index (χ0) is 15.1. The molecule has 0 saturated carbocycles. The number of likely N-dealkylation sites (N-methyl/N-ethyl adjacent to an activating group) is 1. The lowest BCUT2D eigenvalue weighted by molar-refractivity contribution is 0.379. The van der Waals surface area contributed by atoms with Crippen LogP contribution in [0.2, 0.25) is 0 Å². The van der Waals surface area contributed by atoms with Gasteiger partial charge in [-0.05, 0) is 53.1 Å². The van der Waals surface area contributed by atoms with Gasteiger partial charge in [-0.3, -0.25) is 4.90 Å². The van der Waals surface area contributed by atoms with Gasteiger partial charge < -0.3 is 4.74 Å². The van der Waals surface area contributed by atoms with Crippen LogP contribution >= 0.6 is 11.8 Å². The maximum absolute atomic E-state index is 5.45. The smallest absolute Gasteiger partial charge is 0.119 e. The van der Waals surface area contributed by atoms with Crippen LogP contribution in [-0.4, -0.2) is 31.6 Å². The van der Waals surface area contributed by atoms with Gasteiger partial charge in [0, 0.05) is 22.9 Å². The van der Waals surface area contributed by atoms with Crippen molar-refractivity contribution in [1.82, 2.24) is 4.90 Å². The Kier molecular flexibility index (Phi) is 3.47. The van der Waals surface area contributed by atoms with E-state index in [4.69, 9.17) is 4.74 Å². The second kappa shape index (κ2) is 5.49. The maximum Gasteiger partial charge on any atom is 0.119 e. The molecule has 0 bridgehead atoms. The van der Waals surface area contributed by atoms with Gasteiger partial charge >= 0.3 is 0 Å². The molecule has 2 heterocycles. The molecule has 2 aromatic carbocycles. The molecule has 4 rings (SSSR count). The lowest BCUT2D eigenvalue weighted by atomic mass is 9.97. The Bertz CT molecular complexity index is 766. The number of fused-ring (bicyclic) bond motifs is 4. The first kappa shape index (κ1) is 13.9. The first-order chi connectivity index (χ1) is 10.8. The average Bonchev–Trinajstić information content (AvgIpc) is 2.95. The third-order valence-corrected chi connectivity index (χ3v) is 5.67. The van der Waals surface area contributed by atoms with Crippen molar-refractivity contribution in [2.24, 2.45) is 0 Å². The minimum Gasteiger partial charge on any atom is -0.497 e. The molecule has 0 unspecified atom stereocenters. The molecule has 0 N–H and O–H groups in total. The first-order valence-electron chi connectivity index (χ1n) is 7.70. The van der Waals surface area contributed by atoms with Gasteiger partial charge in [0.05, 0.1) is 7.11 Å². The maximum atomic E-state index is 5.45. The summed E-state index contributed by atoms with van der Waals surface area (Å²) in [6, 6.07) is 15.2. The minimum absolute atomic E-state index is 0.937. The van der Waals surface area contributed by atoms with E-state index < -0.39 is 0 Å². The second-order valence-electron chi connectivity index (χ2n) is 5.72. The van der Waals surface area contributed by atoms with E-state index in [0.29, 0.717) is 0 Å². The van der Waals surface area contributed by atoms with Crippen molar-refractivity contribution in [2.75, 3.05) is 26.7 Å². The highest BCUT2D eigenvalue weighted by Crippen LogP contribution is 2.47. The molecule has 3 heteroatoms. The largest absolute Gasteiger partial charge is 0.497 e. The number of benzene rings is 2. The Morgan fingerprint density at radius 1 is 1.00 bits per heavy atom. The Morgan fingerprint density at radius 2 is 1.73 bits per heavy atom. The molecular formula is C19H19NOS. The number of rotatable bonds is 2. The number of nitrogens with zero attached hydrogens (tertiary/aromatic N) is 1. The summed E-state index contributed by atoms with van der Waals surface area (Å²) in [5.41, 5.74) is 5.69. The predicted molar refractivity (Wildman–Crippen MR) is 92.5 cm³/mol. The summed E-state index contributed by atoms with van der Waals surface area (Å²) in [6.07, 6.45) is 0. The molecule has 2 aliphatic heterocycles. The third kappa shape index (κ3) is 2.16. The van der Waals surface area contributed by atoms with Crippen molar-refractivity contribution in [3.63, 3.8) is 0 Å². The summed E-state index contributed by atoms with van der Waals surface area (Å²) >= 11 is 1.87. The summed E-state index contributed by atoms with van der Waals surface area (Å²) in [7, 11) is 1.74. The van der Waals surface area contributed by atoms with Gasteiger partial charge in [-0.2, -0.15) is 0 Å². The number of hydrogen-bond acceptors (Lipinski definition) is 3. The van der Waals surface area contributed by atoms with Crippen LogP contribution in [0.3, 0.4) is 0 Å². The lowest BCUT2D eigenvalue weighted by Gasteiger charge is -2.16. The second-order valence-corrected chi connectivity index (χ2v) is 6.80. The Balaban J connectivity index is 1.95. The van der Waals surface area contributed by atoms with Crippen LogP contribution in [-0.2, 0) is 0 Å². The van der Waals surface area contributed by atoms with Gasteiger partial charge in [0.2, 0.25) is 0 Å². The van der Waals surface area contributed by atoms with E-state index in [1.807, 2.05) is 11.8 Å². The number of methoxy groups -OCH3 is 1. The molecule has 0 atom stereocenters. The van der Waals surface area contributed by atoms with Crippen LogP contribution in [0.25, 0.3) is 11.1 Å². The fourth-order valence-corrected chi connectivity index (χ4v) is 4.41. The van der Waals surface area contributed by atoms with Gasteiger partial charge in [-0.25, -0.2) is 0 Å². The molecule has 0 amide bonds. The Labute approximate surface area is 135 Å². The number of ether oxygens (including phenoxy) is 1. The summed E-state index contributed by atoms with van der Waals surface area (Å²) in [4.78, 5) is 5.19. The molecule has 2 aromatic rings. The van der Waals surface area contributed by atoms with Crippen LogP contribution in [0, 0.1) is 0 Å². The van der Waals surface area contributed by atoms with E-state index in [1.165, 1.54) is 32.1 Å². The molecule has 0 radical (unpaired) electrons. The van der Waals surface area contributed by atoms with E-state index in [2.05, 4.69) is 54.3 Å². The van der Waals surface area contributed by atoms with Gasteiger partial charge in [0.1, 0.15) is 5.75 Å². The highest BCUT2D eigenvalue weighted by atomic mass is 32.2. The SMILES string of the molecule is CCN1CC2=C(C1)c1cc(OC)ccc1Sc1ccccc12. The topological polar surface area (TPSA) is 12.5 Å². The van der Waals surface area contributed by atoms with Gasteiger partial charge in [-0.15, -0.1) is 0 Å². The van der Waals surface area contributed by atoms with Crippen molar-refractivity contribution in [3.8, 4) is 5.75 Å². The molecule has 2 nitrogen and oxygen atoms in total. The standard InChI is InChI=1S/C19H19NOS/c1-3-20-11-16-14-6-4-5-7-18(14)22-19-9-8-13(21-2)10-15(19)17(16)12-20/h4-10H,3,11-12H2,1-2H3.